The molecule has 86 valence electrons. The minimum absolute atomic E-state index is 0.0817. The summed E-state index contributed by atoms with van der Waals surface area (Å²) in [6, 6.07) is 6.42. The molecular formula is C10H10Cl2N2O2. The molecule has 0 aliphatic heterocycles. The molecule has 0 saturated heterocycles. The second kappa shape index (κ2) is 6.48. The van der Waals surface area contributed by atoms with Crippen molar-refractivity contribution in [3.63, 3.8) is 0 Å². The Morgan fingerprint density at radius 2 is 2.31 bits per heavy atom. The molecule has 1 aromatic rings. The molecule has 0 aliphatic rings. The first-order valence-corrected chi connectivity index (χ1v) is 5.33. The van der Waals surface area contributed by atoms with Crippen molar-refractivity contribution in [2.45, 2.75) is 6.54 Å². The van der Waals surface area contributed by atoms with Gasteiger partial charge in [-0.15, -0.1) is 0 Å². The average molecular weight is 261 g/mol. The number of benzene rings is 1. The predicted molar refractivity (Wildman–Crippen MR) is 64.6 cm³/mol. The van der Waals surface area contributed by atoms with Crippen molar-refractivity contribution in [2.75, 3.05) is 6.54 Å². The highest BCUT2D eigenvalue weighted by Crippen LogP contribution is 2.12. The summed E-state index contributed by atoms with van der Waals surface area (Å²) < 4.78 is 0. The fraction of sp³-hybridized carbons (Fsp3) is 0.200. The van der Waals surface area contributed by atoms with Crippen LogP contribution in [0.2, 0.25) is 0 Å². The Labute approximate surface area is 103 Å². The van der Waals surface area contributed by atoms with Crippen LogP contribution in [0.4, 0.5) is 5.69 Å². The molecule has 16 heavy (non-hydrogen) atoms. The van der Waals surface area contributed by atoms with Gasteiger partial charge >= 0.3 is 0 Å². The quantitative estimate of drug-likeness (QED) is 0.654. The summed E-state index contributed by atoms with van der Waals surface area (Å²) in [4.78, 5) is 10.1. The van der Waals surface area contributed by atoms with Crippen LogP contribution in [-0.4, -0.2) is 11.5 Å². The van der Waals surface area contributed by atoms with E-state index in [0.717, 1.165) is 5.56 Å². The second-order valence-corrected chi connectivity index (χ2v) is 3.79. The maximum absolute atomic E-state index is 10.5. The zero-order valence-electron chi connectivity index (χ0n) is 8.32. The molecule has 0 aromatic heterocycles. The van der Waals surface area contributed by atoms with E-state index >= 15 is 0 Å². The summed E-state index contributed by atoms with van der Waals surface area (Å²) >= 11 is 11.0. The molecule has 1 aromatic carbocycles. The average Bonchev–Trinajstić information content (AvgIpc) is 2.29. The lowest BCUT2D eigenvalue weighted by atomic mass is 10.2. The van der Waals surface area contributed by atoms with Crippen LogP contribution < -0.4 is 5.32 Å². The fourth-order valence-electron chi connectivity index (χ4n) is 1.14. The lowest BCUT2D eigenvalue weighted by Crippen LogP contribution is -2.14. The molecule has 0 heterocycles. The summed E-state index contributed by atoms with van der Waals surface area (Å²) in [6.45, 7) is 0.941. The molecule has 1 N–H and O–H groups in total. The number of hydrogen-bond donors (Lipinski definition) is 1. The molecule has 0 atom stereocenters. The zero-order valence-corrected chi connectivity index (χ0v) is 9.83. The van der Waals surface area contributed by atoms with Gasteiger partial charge in [0.25, 0.3) is 5.69 Å². The van der Waals surface area contributed by atoms with Crippen molar-refractivity contribution in [3.8, 4) is 0 Å². The largest absolute Gasteiger partial charge is 0.308 e. The topological polar surface area (TPSA) is 55.2 Å². The molecule has 1 rings (SSSR count). The summed E-state index contributed by atoms with van der Waals surface area (Å²) in [5, 5.41) is 14.0. The van der Waals surface area contributed by atoms with Gasteiger partial charge in [0.15, 0.2) is 0 Å². The molecule has 0 unspecified atom stereocenters. The lowest BCUT2D eigenvalue weighted by Gasteiger charge is -2.03. The molecule has 0 spiro atoms. The molecule has 0 radical (unpaired) electrons. The van der Waals surface area contributed by atoms with Crippen molar-refractivity contribution in [2.24, 2.45) is 0 Å². The fourth-order valence-corrected chi connectivity index (χ4v) is 1.32. The summed E-state index contributed by atoms with van der Waals surface area (Å²) in [7, 11) is 0. The highest BCUT2D eigenvalue weighted by molar-refractivity contribution is 6.36. The zero-order chi connectivity index (χ0) is 12.0. The standard InChI is InChI=1S/C10H10Cl2N2O2/c11-5-9(12)7-13-6-8-2-1-3-10(4-8)14(15)16/h1-5,13H,6-7H2. The summed E-state index contributed by atoms with van der Waals surface area (Å²) in [5.74, 6) is 0. The first-order valence-electron chi connectivity index (χ1n) is 4.52. The number of nitrogens with one attached hydrogen (secondary N) is 1. The second-order valence-electron chi connectivity index (χ2n) is 3.09. The van der Waals surface area contributed by atoms with E-state index in [1.165, 1.54) is 17.7 Å². The van der Waals surface area contributed by atoms with Gasteiger partial charge in [0.1, 0.15) is 0 Å². The molecule has 6 heteroatoms. The molecule has 4 nitrogen and oxygen atoms in total. The van der Waals surface area contributed by atoms with Gasteiger partial charge in [-0.3, -0.25) is 10.1 Å². The molecule has 0 fully saturated rings. The van der Waals surface area contributed by atoms with Gasteiger partial charge in [-0.1, -0.05) is 35.3 Å². The van der Waals surface area contributed by atoms with E-state index < -0.39 is 4.92 Å². The Bertz CT molecular complexity index is 408. The van der Waals surface area contributed by atoms with E-state index in [9.17, 15) is 10.1 Å². The third-order valence-corrected chi connectivity index (χ3v) is 2.48. The van der Waals surface area contributed by atoms with Crippen LogP contribution >= 0.6 is 23.2 Å². The van der Waals surface area contributed by atoms with Crippen LogP contribution in [0.25, 0.3) is 0 Å². The van der Waals surface area contributed by atoms with E-state index in [0.29, 0.717) is 18.1 Å². The predicted octanol–water partition coefficient (Wildman–Crippen LogP) is 3.00. The number of nitro groups is 1. The van der Waals surface area contributed by atoms with Crippen LogP contribution in [0, 0.1) is 10.1 Å². The van der Waals surface area contributed by atoms with Crippen molar-refractivity contribution in [1.29, 1.82) is 0 Å². The van der Waals surface area contributed by atoms with Crippen molar-refractivity contribution in [3.05, 3.63) is 50.5 Å². The Balaban J connectivity index is 2.54. The van der Waals surface area contributed by atoms with Crippen LogP contribution in [0.3, 0.4) is 0 Å². The van der Waals surface area contributed by atoms with Gasteiger partial charge in [0, 0.05) is 35.8 Å². The van der Waals surface area contributed by atoms with Crippen LogP contribution in [0.1, 0.15) is 5.56 Å². The van der Waals surface area contributed by atoms with Crippen molar-refractivity contribution < 1.29 is 4.92 Å². The highest BCUT2D eigenvalue weighted by atomic mass is 35.5. The number of nitrogens with zero attached hydrogens (tertiary/aromatic N) is 1. The van der Waals surface area contributed by atoms with Gasteiger partial charge in [0.05, 0.1) is 4.92 Å². The van der Waals surface area contributed by atoms with Gasteiger partial charge in [0.2, 0.25) is 0 Å². The van der Waals surface area contributed by atoms with E-state index in [4.69, 9.17) is 23.2 Å². The molecular weight excluding hydrogens is 251 g/mol. The smallest absolute Gasteiger partial charge is 0.269 e. The first-order chi connectivity index (χ1) is 7.63. The maximum atomic E-state index is 10.5. The Hall–Kier alpha value is -1.10. The van der Waals surface area contributed by atoms with Crippen LogP contribution in [-0.2, 0) is 6.54 Å². The van der Waals surface area contributed by atoms with Crippen molar-refractivity contribution in [1.82, 2.24) is 5.32 Å². The minimum Gasteiger partial charge on any atom is -0.308 e. The monoisotopic (exact) mass is 260 g/mol. The Morgan fingerprint density at radius 1 is 1.56 bits per heavy atom. The number of halogens is 2. The van der Waals surface area contributed by atoms with Gasteiger partial charge < -0.3 is 5.32 Å². The third-order valence-electron chi connectivity index (χ3n) is 1.86. The Kier molecular flexibility index (Phi) is 5.25. The summed E-state index contributed by atoms with van der Waals surface area (Å²) in [5.41, 5.74) is 2.19. The van der Waals surface area contributed by atoms with E-state index in [-0.39, 0.29) is 5.69 Å². The first kappa shape index (κ1) is 13.0. The normalized spacial score (nSPS) is 11.5. The lowest BCUT2D eigenvalue weighted by molar-refractivity contribution is -0.384. The maximum Gasteiger partial charge on any atom is 0.269 e. The molecule has 0 bridgehead atoms. The number of rotatable bonds is 5. The molecule has 0 saturated carbocycles. The number of nitro benzene ring substituents is 1. The van der Waals surface area contributed by atoms with Gasteiger partial charge in [-0.05, 0) is 5.56 Å². The number of non-ortho nitro benzene ring substituents is 1. The van der Waals surface area contributed by atoms with Gasteiger partial charge in [-0.2, -0.15) is 0 Å². The van der Waals surface area contributed by atoms with E-state index in [2.05, 4.69) is 5.32 Å². The summed E-state index contributed by atoms with van der Waals surface area (Å²) in [6.07, 6.45) is 0. The SMILES string of the molecule is O=[N+]([O-])c1cccc(CNCC(Cl)=CCl)c1. The number of hydrogen-bond acceptors (Lipinski definition) is 3. The highest BCUT2D eigenvalue weighted by Gasteiger charge is 2.04. The Morgan fingerprint density at radius 3 is 2.94 bits per heavy atom. The van der Waals surface area contributed by atoms with Gasteiger partial charge in [-0.25, -0.2) is 0 Å². The van der Waals surface area contributed by atoms with Crippen molar-refractivity contribution >= 4 is 28.9 Å². The van der Waals surface area contributed by atoms with Crippen LogP contribution in [0.5, 0.6) is 0 Å². The van der Waals surface area contributed by atoms with E-state index in [1.54, 1.807) is 12.1 Å². The minimum atomic E-state index is -0.421. The third kappa shape index (κ3) is 4.18. The van der Waals surface area contributed by atoms with Crippen LogP contribution in [0.15, 0.2) is 34.8 Å². The molecule has 0 aliphatic carbocycles. The van der Waals surface area contributed by atoms with E-state index in [1.807, 2.05) is 0 Å². The molecule has 0 amide bonds.